The summed E-state index contributed by atoms with van der Waals surface area (Å²) in [6.45, 7) is 8.72. The van der Waals surface area contributed by atoms with Crippen LogP contribution in [0.25, 0.3) is 44.4 Å². The van der Waals surface area contributed by atoms with Gasteiger partial charge in [-0.05, 0) is 84.5 Å². The molecule has 0 radical (unpaired) electrons. The van der Waals surface area contributed by atoms with Crippen LogP contribution in [0.15, 0.2) is 116 Å². The number of hydrogen-bond acceptors (Lipinski definition) is 3. The highest BCUT2D eigenvalue weighted by Crippen LogP contribution is 2.36. The zero-order chi connectivity index (χ0) is 28.8. The van der Waals surface area contributed by atoms with Crippen molar-refractivity contribution in [3.8, 4) is 34.1 Å². The van der Waals surface area contributed by atoms with Gasteiger partial charge in [-0.2, -0.15) is 5.10 Å². The minimum absolute atomic E-state index is 0.428. The minimum Gasteiger partial charge on any atom is -0.457 e. The molecule has 42 heavy (non-hydrogen) atoms. The molecule has 3 aromatic heterocycles. The normalized spacial score (nSPS) is 11.5. The molecule has 0 aliphatic carbocycles. The second kappa shape index (κ2) is 10.3. The summed E-state index contributed by atoms with van der Waals surface area (Å²) in [4.78, 5) is 4.70. The van der Waals surface area contributed by atoms with Gasteiger partial charge in [0.15, 0.2) is 0 Å². The van der Waals surface area contributed by atoms with E-state index in [1.54, 1.807) is 0 Å². The fourth-order valence-corrected chi connectivity index (χ4v) is 5.89. The van der Waals surface area contributed by atoms with Crippen molar-refractivity contribution in [2.75, 3.05) is 0 Å². The van der Waals surface area contributed by atoms with E-state index in [0.29, 0.717) is 5.92 Å². The average Bonchev–Trinajstić information content (AvgIpc) is 3.60. The van der Waals surface area contributed by atoms with Crippen LogP contribution in [-0.4, -0.2) is 19.3 Å². The SMILES string of the molecule is Cc1ccnc(-n2c3ccccc3c3ccc(Oc4cccc(-n5cc(-c6c(C)cccc6C(C)C)cn5)c4)cc32)c1. The number of hydrogen-bond donors (Lipinski definition) is 0. The first-order valence-corrected chi connectivity index (χ1v) is 14.4. The van der Waals surface area contributed by atoms with Crippen LogP contribution >= 0.6 is 0 Å². The Hall–Kier alpha value is -5.16. The lowest BCUT2D eigenvalue weighted by atomic mass is 9.91. The Bertz CT molecular complexity index is 2080. The monoisotopic (exact) mass is 548 g/mol. The molecule has 5 nitrogen and oxygen atoms in total. The second-order valence-electron chi connectivity index (χ2n) is 11.2. The molecule has 7 rings (SSSR count). The number of rotatable bonds is 6. The van der Waals surface area contributed by atoms with Crippen LogP contribution in [0.3, 0.4) is 0 Å². The van der Waals surface area contributed by atoms with E-state index in [2.05, 4.69) is 105 Å². The summed E-state index contributed by atoms with van der Waals surface area (Å²) in [5.41, 5.74) is 9.25. The molecule has 0 bridgehead atoms. The lowest BCUT2D eigenvalue weighted by Crippen LogP contribution is -1.98. The number of pyridine rings is 1. The van der Waals surface area contributed by atoms with E-state index in [4.69, 9.17) is 14.8 Å². The van der Waals surface area contributed by atoms with Gasteiger partial charge in [-0.25, -0.2) is 9.67 Å². The van der Waals surface area contributed by atoms with Gasteiger partial charge < -0.3 is 4.74 Å². The van der Waals surface area contributed by atoms with Gasteiger partial charge >= 0.3 is 0 Å². The summed E-state index contributed by atoms with van der Waals surface area (Å²) < 4.78 is 10.6. The van der Waals surface area contributed by atoms with Crippen molar-refractivity contribution in [1.82, 2.24) is 19.3 Å². The van der Waals surface area contributed by atoms with Crippen molar-refractivity contribution in [3.05, 3.63) is 132 Å². The molecule has 0 atom stereocenters. The summed E-state index contributed by atoms with van der Waals surface area (Å²) in [6.07, 6.45) is 5.92. The summed E-state index contributed by atoms with van der Waals surface area (Å²) in [5.74, 6) is 2.83. The van der Waals surface area contributed by atoms with Gasteiger partial charge in [0.25, 0.3) is 0 Å². The number of para-hydroxylation sites is 1. The Balaban J connectivity index is 1.25. The molecule has 3 heterocycles. The first kappa shape index (κ1) is 25.8. The highest BCUT2D eigenvalue weighted by Gasteiger charge is 2.16. The third-order valence-corrected chi connectivity index (χ3v) is 7.89. The van der Waals surface area contributed by atoms with Gasteiger partial charge in [-0.3, -0.25) is 4.57 Å². The van der Waals surface area contributed by atoms with Gasteiger partial charge in [0.2, 0.25) is 0 Å². The topological polar surface area (TPSA) is 44.9 Å². The van der Waals surface area contributed by atoms with Crippen LogP contribution in [0.4, 0.5) is 0 Å². The maximum absolute atomic E-state index is 6.45. The molecular formula is C37H32N4O. The van der Waals surface area contributed by atoms with Crippen LogP contribution in [0.5, 0.6) is 11.5 Å². The number of aryl methyl sites for hydroxylation is 2. The quantitative estimate of drug-likeness (QED) is 0.208. The molecule has 0 aliphatic heterocycles. The molecule has 0 saturated carbocycles. The van der Waals surface area contributed by atoms with Gasteiger partial charge in [0.05, 0.1) is 22.9 Å². The molecule has 7 aromatic rings. The third-order valence-electron chi connectivity index (χ3n) is 7.89. The summed E-state index contributed by atoms with van der Waals surface area (Å²) in [7, 11) is 0. The lowest BCUT2D eigenvalue weighted by Gasteiger charge is -2.14. The predicted octanol–water partition coefficient (Wildman–Crippen LogP) is 9.56. The number of aromatic nitrogens is 4. The fraction of sp³-hybridized carbons (Fsp3) is 0.135. The van der Waals surface area contributed by atoms with Crippen LogP contribution in [0.2, 0.25) is 0 Å². The molecule has 0 amide bonds. The molecule has 0 spiro atoms. The first-order valence-electron chi connectivity index (χ1n) is 14.4. The van der Waals surface area contributed by atoms with Crippen LogP contribution < -0.4 is 4.74 Å². The van der Waals surface area contributed by atoms with Gasteiger partial charge in [0, 0.05) is 40.9 Å². The molecule has 0 aliphatic rings. The highest BCUT2D eigenvalue weighted by molar-refractivity contribution is 6.09. The Morgan fingerprint density at radius 1 is 0.738 bits per heavy atom. The van der Waals surface area contributed by atoms with Crippen molar-refractivity contribution in [1.29, 1.82) is 0 Å². The molecule has 0 unspecified atom stereocenters. The zero-order valence-electron chi connectivity index (χ0n) is 24.2. The minimum atomic E-state index is 0.428. The van der Waals surface area contributed by atoms with E-state index in [1.807, 2.05) is 47.4 Å². The molecule has 5 heteroatoms. The Morgan fingerprint density at radius 2 is 1.55 bits per heavy atom. The number of ether oxygens (including phenoxy) is 1. The average molecular weight is 549 g/mol. The number of fused-ring (bicyclic) bond motifs is 3. The summed E-state index contributed by atoms with van der Waals surface area (Å²) >= 11 is 0. The molecule has 0 saturated heterocycles. The van der Waals surface area contributed by atoms with Crippen LogP contribution in [0, 0.1) is 13.8 Å². The Morgan fingerprint density at radius 3 is 2.40 bits per heavy atom. The third kappa shape index (κ3) is 4.53. The van der Waals surface area contributed by atoms with E-state index in [-0.39, 0.29) is 0 Å². The van der Waals surface area contributed by atoms with Crippen molar-refractivity contribution in [3.63, 3.8) is 0 Å². The van der Waals surface area contributed by atoms with Crippen molar-refractivity contribution in [2.24, 2.45) is 0 Å². The Kier molecular flexibility index (Phi) is 6.35. The van der Waals surface area contributed by atoms with E-state index >= 15 is 0 Å². The van der Waals surface area contributed by atoms with Crippen molar-refractivity contribution >= 4 is 21.8 Å². The molecule has 4 aromatic carbocycles. The maximum atomic E-state index is 6.45. The zero-order valence-corrected chi connectivity index (χ0v) is 24.2. The Labute approximate surface area is 245 Å². The second-order valence-corrected chi connectivity index (χ2v) is 11.2. The van der Waals surface area contributed by atoms with E-state index < -0.39 is 0 Å². The van der Waals surface area contributed by atoms with E-state index in [0.717, 1.165) is 45.0 Å². The smallest absolute Gasteiger partial charge is 0.137 e. The molecule has 0 N–H and O–H groups in total. The van der Waals surface area contributed by atoms with Gasteiger partial charge in [-0.1, -0.05) is 56.3 Å². The van der Waals surface area contributed by atoms with Gasteiger partial charge in [-0.15, -0.1) is 0 Å². The summed E-state index contributed by atoms with van der Waals surface area (Å²) in [6, 6.07) is 33.4. The van der Waals surface area contributed by atoms with Crippen molar-refractivity contribution < 1.29 is 4.74 Å². The van der Waals surface area contributed by atoms with Crippen LogP contribution in [-0.2, 0) is 0 Å². The fourth-order valence-electron chi connectivity index (χ4n) is 5.89. The highest BCUT2D eigenvalue weighted by atomic mass is 16.5. The van der Waals surface area contributed by atoms with Crippen molar-refractivity contribution in [2.45, 2.75) is 33.6 Å². The summed E-state index contributed by atoms with van der Waals surface area (Å²) in [5, 5.41) is 7.07. The largest absolute Gasteiger partial charge is 0.457 e. The van der Waals surface area contributed by atoms with Crippen LogP contribution in [0.1, 0.15) is 36.5 Å². The maximum Gasteiger partial charge on any atom is 0.137 e. The van der Waals surface area contributed by atoms with E-state index in [1.165, 1.54) is 27.6 Å². The molecule has 206 valence electrons. The first-order chi connectivity index (χ1) is 20.5. The number of nitrogens with zero attached hydrogens (tertiary/aromatic N) is 4. The lowest BCUT2D eigenvalue weighted by molar-refractivity contribution is 0.483. The standard InChI is InChI=1S/C37H32N4O/c1-24(2)31-13-7-9-26(4)37(31)27-22-39-40(23-27)28-10-8-11-29(20-28)42-30-15-16-33-32-12-5-6-14-34(32)41(35(33)21-30)36-19-25(3)17-18-38-36/h5-24H,1-4H3. The number of benzene rings is 4. The molecule has 0 fully saturated rings. The van der Waals surface area contributed by atoms with E-state index in [9.17, 15) is 0 Å². The predicted molar refractivity (Wildman–Crippen MR) is 171 cm³/mol. The van der Waals surface area contributed by atoms with Gasteiger partial charge in [0.1, 0.15) is 17.3 Å². The molecular weight excluding hydrogens is 516 g/mol.